The SMILES string of the molecule is COc1cc2cc(C(=O)CC#N)[nH]c2cc1Cl. The highest BCUT2D eigenvalue weighted by molar-refractivity contribution is 6.32. The van der Waals surface area contributed by atoms with E-state index in [0.29, 0.717) is 16.5 Å². The minimum absolute atomic E-state index is 0.141. The number of rotatable bonds is 3. The van der Waals surface area contributed by atoms with E-state index in [2.05, 4.69) is 4.98 Å². The number of aromatic nitrogens is 1. The Labute approximate surface area is 103 Å². The van der Waals surface area contributed by atoms with Crippen LogP contribution >= 0.6 is 11.6 Å². The molecule has 0 aliphatic heterocycles. The van der Waals surface area contributed by atoms with Gasteiger partial charge in [-0.25, -0.2) is 0 Å². The lowest BCUT2D eigenvalue weighted by Crippen LogP contribution is -1.96. The van der Waals surface area contributed by atoms with Gasteiger partial charge in [0, 0.05) is 10.9 Å². The van der Waals surface area contributed by atoms with E-state index in [1.165, 1.54) is 7.11 Å². The third kappa shape index (κ3) is 2.10. The number of aromatic amines is 1. The van der Waals surface area contributed by atoms with E-state index in [0.717, 1.165) is 10.9 Å². The zero-order chi connectivity index (χ0) is 12.4. The predicted octanol–water partition coefficient (Wildman–Crippen LogP) is 2.93. The van der Waals surface area contributed by atoms with Crippen LogP contribution in [-0.2, 0) is 0 Å². The number of nitrogens with zero attached hydrogens (tertiary/aromatic N) is 1. The molecule has 0 fully saturated rings. The van der Waals surface area contributed by atoms with Gasteiger partial charge in [0.25, 0.3) is 0 Å². The molecule has 86 valence electrons. The predicted molar refractivity (Wildman–Crippen MR) is 64.4 cm³/mol. The number of ether oxygens (including phenoxy) is 1. The third-order valence-corrected chi connectivity index (χ3v) is 2.73. The molecule has 0 aliphatic rings. The molecule has 4 nitrogen and oxygen atoms in total. The van der Waals surface area contributed by atoms with Crippen molar-refractivity contribution in [3.05, 3.63) is 28.9 Å². The van der Waals surface area contributed by atoms with Gasteiger partial charge in [0.2, 0.25) is 0 Å². The van der Waals surface area contributed by atoms with Gasteiger partial charge in [0.15, 0.2) is 5.78 Å². The van der Waals surface area contributed by atoms with Crippen molar-refractivity contribution in [1.29, 1.82) is 5.26 Å². The molecule has 2 aromatic rings. The summed E-state index contributed by atoms with van der Waals surface area (Å²) in [5, 5.41) is 9.77. The van der Waals surface area contributed by atoms with E-state index in [4.69, 9.17) is 21.6 Å². The zero-order valence-electron chi connectivity index (χ0n) is 9.08. The fraction of sp³-hybridized carbons (Fsp3) is 0.167. The van der Waals surface area contributed by atoms with E-state index in [-0.39, 0.29) is 12.2 Å². The summed E-state index contributed by atoms with van der Waals surface area (Å²) in [4.78, 5) is 14.5. The van der Waals surface area contributed by atoms with Gasteiger partial charge < -0.3 is 9.72 Å². The molecular weight excluding hydrogens is 240 g/mol. The fourth-order valence-corrected chi connectivity index (χ4v) is 1.85. The summed E-state index contributed by atoms with van der Waals surface area (Å²) >= 11 is 5.97. The van der Waals surface area contributed by atoms with Gasteiger partial charge in [-0.05, 0) is 18.2 Å². The summed E-state index contributed by atoms with van der Waals surface area (Å²) in [6, 6.07) is 6.95. The van der Waals surface area contributed by atoms with Gasteiger partial charge in [-0.3, -0.25) is 4.79 Å². The van der Waals surface area contributed by atoms with E-state index < -0.39 is 0 Å². The Bertz CT molecular complexity index is 625. The lowest BCUT2D eigenvalue weighted by Gasteiger charge is -2.01. The number of methoxy groups -OCH3 is 1. The van der Waals surface area contributed by atoms with E-state index in [1.807, 2.05) is 6.07 Å². The summed E-state index contributed by atoms with van der Waals surface area (Å²) in [6.07, 6.45) is -0.141. The second-order valence-electron chi connectivity index (χ2n) is 3.52. The number of carbonyl (C=O) groups is 1. The van der Waals surface area contributed by atoms with E-state index in [9.17, 15) is 4.79 Å². The number of benzene rings is 1. The largest absolute Gasteiger partial charge is 0.495 e. The second kappa shape index (κ2) is 4.48. The molecule has 0 atom stereocenters. The molecule has 5 heteroatoms. The Hall–Kier alpha value is -1.99. The number of fused-ring (bicyclic) bond motifs is 1. The molecule has 0 spiro atoms. The monoisotopic (exact) mass is 248 g/mol. The lowest BCUT2D eigenvalue weighted by molar-refractivity contribution is 0.0994. The Morgan fingerprint density at radius 3 is 2.94 bits per heavy atom. The fourth-order valence-electron chi connectivity index (χ4n) is 1.61. The molecule has 0 bridgehead atoms. The molecule has 2 rings (SSSR count). The number of ketones is 1. The van der Waals surface area contributed by atoms with Crippen LogP contribution in [0.15, 0.2) is 18.2 Å². The maximum atomic E-state index is 11.5. The molecule has 1 N–H and O–H groups in total. The third-order valence-electron chi connectivity index (χ3n) is 2.43. The van der Waals surface area contributed by atoms with Gasteiger partial charge in [-0.2, -0.15) is 5.26 Å². The molecule has 1 aromatic heterocycles. The molecule has 0 saturated carbocycles. The number of Topliss-reactive ketones (excluding diaryl/α,β-unsaturated/α-hetero) is 1. The molecule has 17 heavy (non-hydrogen) atoms. The number of hydrogen-bond donors (Lipinski definition) is 1. The number of halogens is 1. The van der Waals surface area contributed by atoms with Crippen molar-refractivity contribution in [3.63, 3.8) is 0 Å². The molecule has 0 radical (unpaired) electrons. The maximum Gasteiger partial charge on any atom is 0.193 e. The van der Waals surface area contributed by atoms with Gasteiger partial charge in [-0.1, -0.05) is 11.6 Å². The van der Waals surface area contributed by atoms with Gasteiger partial charge in [0.05, 0.1) is 23.9 Å². The minimum atomic E-state index is -0.237. The highest BCUT2D eigenvalue weighted by Gasteiger charge is 2.11. The molecular formula is C12H9ClN2O2. The normalized spacial score (nSPS) is 10.2. The zero-order valence-corrected chi connectivity index (χ0v) is 9.84. The summed E-state index contributed by atoms with van der Waals surface area (Å²) < 4.78 is 5.09. The summed E-state index contributed by atoms with van der Waals surface area (Å²) in [5.74, 6) is 0.316. The van der Waals surface area contributed by atoms with Crippen molar-refractivity contribution in [1.82, 2.24) is 4.98 Å². The standard InChI is InChI=1S/C12H9ClN2O2/c1-17-12-5-7-4-10(11(16)2-3-14)15-9(7)6-8(12)13/h4-6,15H,2H2,1H3. The average Bonchev–Trinajstić information content (AvgIpc) is 2.71. The van der Waals surface area contributed by atoms with Crippen molar-refractivity contribution in [2.45, 2.75) is 6.42 Å². The number of hydrogen-bond acceptors (Lipinski definition) is 3. The lowest BCUT2D eigenvalue weighted by atomic mass is 10.2. The summed E-state index contributed by atoms with van der Waals surface area (Å²) in [7, 11) is 1.53. The summed E-state index contributed by atoms with van der Waals surface area (Å²) in [6.45, 7) is 0. The molecule has 1 heterocycles. The first kappa shape index (κ1) is 11.5. The first-order chi connectivity index (χ1) is 8.15. The number of carbonyl (C=O) groups excluding carboxylic acids is 1. The van der Waals surface area contributed by atoms with Crippen LogP contribution in [0.3, 0.4) is 0 Å². The first-order valence-corrected chi connectivity index (χ1v) is 5.30. The second-order valence-corrected chi connectivity index (χ2v) is 3.92. The first-order valence-electron chi connectivity index (χ1n) is 4.92. The van der Waals surface area contributed by atoms with Gasteiger partial charge >= 0.3 is 0 Å². The number of nitriles is 1. The van der Waals surface area contributed by atoms with Crippen LogP contribution in [0, 0.1) is 11.3 Å². The smallest absolute Gasteiger partial charge is 0.193 e. The molecule has 1 aromatic carbocycles. The number of nitrogens with one attached hydrogen (secondary N) is 1. The maximum absolute atomic E-state index is 11.5. The minimum Gasteiger partial charge on any atom is -0.495 e. The van der Waals surface area contributed by atoms with Crippen LogP contribution < -0.4 is 4.74 Å². The van der Waals surface area contributed by atoms with Crippen molar-refractivity contribution < 1.29 is 9.53 Å². The van der Waals surface area contributed by atoms with E-state index >= 15 is 0 Å². The van der Waals surface area contributed by atoms with Gasteiger partial charge in [0.1, 0.15) is 12.2 Å². The highest BCUT2D eigenvalue weighted by Crippen LogP contribution is 2.30. The topological polar surface area (TPSA) is 65.9 Å². The molecule has 0 amide bonds. The molecule has 0 saturated heterocycles. The Morgan fingerprint density at radius 1 is 1.53 bits per heavy atom. The number of H-pyrrole nitrogens is 1. The molecule has 0 unspecified atom stereocenters. The average molecular weight is 249 g/mol. The Balaban J connectivity index is 2.51. The van der Waals surface area contributed by atoms with Crippen molar-refractivity contribution in [2.24, 2.45) is 0 Å². The van der Waals surface area contributed by atoms with Crippen molar-refractivity contribution >= 4 is 28.3 Å². The van der Waals surface area contributed by atoms with Gasteiger partial charge in [-0.15, -0.1) is 0 Å². The van der Waals surface area contributed by atoms with Crippen LogP contribution in [-0.4, -0.2) is 17.9 Å². The summed E-state index contributed by atoms with van der Waals surface area (Å²) in [5.41, 5.74) is 1.16. The van der Waals surface area contributed by atoms with Crippen LogP contribution in [0.1, 0.15) is 16.9 Å². The van der Waals surface area contributed by atoms with Crippen LogP contribution in [0.25, 0.3) is 10.9 Å². The molecule has 0 aliphatic carbocycles. The van der Waals surface area contributed by atoms with Crippen molar-refractivity contribution in [2.75, 3.05) is 7.11 Å². The Morgan fingerprint density at radius 2 is 2.29 bits per heavy atom. The van der Waals surface area contributed by atoms with Crippen LogP contribution in [0.4, 0.5) is 0 Å². The van der Waals surface area contributed by atoms with E-state index in [1.54, 1.807) is 18.2 Å². The highest BCUT2D eigenvalue weighted by atomic mass is 35.5. The van der Waals surface area contributed by atoms with Crippen LogP contribution in [0.2, 0.25) is 5.02 Å². The van der Waals surface area contributed by atoms with Crippen molar-refractivity contribution in [3.8, 4) is 11.8 Å². The Kier molecular flexibility index (Phi) is 3.03. The van der Waals surface area contributed by atoms with Crippen LogP contribution in [0.5, 0.6) is 5.75 Å². The quantitative estimate of drug-likeness (QED) is 0.850.